The highest BCUT2D eigenvalue weighted by Crippen LogP contribution is 2.34. The minimum absolute atomic E-state index is 0.0617. The van der Waals surface area contributed by atoms with Gasteiger partial charge in [-0.05, 0) is 62.4 Å². The number of carboxylic acid groups (broad SMARTS) is 1. The fraction of sp³-hybridized carbons (Fsp3) is 0.222. The summed E-state index contributed by atoms with van der Waals surface area (Å²) in [5.41, 5.74) is 8.16. The summed E-state index contributed by atoms with van der Waals surface area (Å²) < 4.78 is 11.7. The molecule has 3 aromatic rings. The molecule has 0 aromatic heterocycles. The van der Waals surface area contributed by atoms with E-state index >= 15 is 0 Å². The number of benzene rings is 3. The van der Waals surface area contributed by atoms with Gasteiger partial charge in [-0.1, -0.05) is 23.7 Å². The molecule has 3 rings (SSSR count). The summed E-state index contributed by atoms with van der Waals surface area (Å²) in [6, 6.07) is 17.0. The molecule has 0 fully saturated rings. The van der Waals surface area contributed by atoms with Crippen molar-refractivity contribution in [3.63, 3.8) is 0 Å². The number of amides is 1. The van der Waals surface area contributed by atoms with Crippen molar-refractivity contribution in [1.82, 2.24) is 0 Å². The molecule has 0 saturated heterocycles. The van der Waals surface area contributed by atoms with Crippen molar-refractivity contribution in [1.29, 1.82) is 5.41 Å². The molecule has 0 spiro atoms. The van der Waals surface area contributed by atoms with Crippen LogP contribution in [0.4, 0.5) is 11.4 Å². The Bertz CT molecular complexity index is 1280. The molecule has 0 aliphatic rings. The molecular weight excluding hydrogens is 496 g/mol. The number of ether oxygens (including phenoxy) is 2. The van der Waals surface area contributed by atoms with Crippen LogP contribution in [-0.4, -0.2) is 35.5 Å². The molecule has 1 unspecified atom stereocenters. The third-order valence-electron chi connectivity index (χ3n) is 5.29. The molecule has 6 N–H and O–H groups in total. The molecule has 10 heteroatoms. The summed E-state index contributed by atoms with van der Waals surface area (Å²) in [5.74, 6) is -0.462. The van der Waals surface area contributed by atoms with E-state index < -0.39 is 12.1 Å². The monoisotopic (exact) mass is 524 g/mol. The van der Waals surface area contributed by atoms with Gasteiger partial charge in [0.1, 0.15) is 11.9 Å². The molecule has 1 amide bonds. The summed E-state index contributed by atoms with van der Waals surface area (Å²) in [5, 5.41) is 23.1. The van der Waals surface area contributed by atoms with Crippen LogP contribution in [-0.2, 0) is 11.3 Å². The Morgan fingerprint density at radius 1 is 1.14 bits per heavy atom. The van der Waals surface area contributed by atoms with Crippen LogP contribution < -0.4 is 25.8 Å². The number of nitrogen functional groups attached to an aromatic ring is 1. The van der Waals surface area contributed by atoms with Gasteiger partial charge in [0.25, 0.3) is 5.91 Å². The second-order valence-electron chi connectivity index (χ2n) is 8.19. The normalized spacial score (nSPS) is 11.3. The zero-order valence-corrected chi connectivity index (χ0v) is 21.3. The van der Waals surface area contributed by atoms with Crippen LogP contribution in [0.1, 0.15) is 41.8 Å². The van der Waals surface area contributed by atoms with Gasteiger partial charge in [-0.3, -0.25) is 15.0 Å². The summed E-state index contributed by atoms with van der Waals surface area (Å²) >= 11 is 6.19. The Kier molecular flexibility index (Phi) is 9.34. The number of amidine groups is 1. The standard InChI is InChI=1S/C27H29ClN4O5/c1-3-36-23-6-4-5-18(25(23)37-16(2)13-24(33)34)15-31-22-12-9-19(28)14-21(22)27(35)32-20-10-7-17(8-11-20)26(29)30/h4-12,14,16,31H,3,13,15H2,1-2H3,(H3,29,30)(H,32,35)(H,33,34). The quantitative estimate of drug-likeness (QED) is 0.163. The molecular formula is C27H29ClN4O5. The fourth-order valence-corrected chi connectivity index (χ4v) is 3.74. The van der Waals surface area contributed by atoms with Crippen LogP contribution in [0.2, 0.25) is 5.02 Å². The molecule has 194 valence electrons. The highest BCUT2D eigenvalue weighted by atomic mass is 35.5. The fourth-order valence-electron chi connectivity index (χ4n) is 3.57. The first-order valence-electron chi connectivity index (χ1n) is 11.6. The number of halogens is 1. The number of aliphatic carboxylic acids is 1. The number of nitrogens with two attached hydrogens (primary N) is 1. The molecule has 3 aromatic carbocycles. The van der Waals surface area contributed by atoms with Crippen molar-refractivity contribution in [3.05, 3.63) is 82.4 Å². The van der Waals surface area contributed by atoms with Gasteiger partial charge in [0, 0.05) is 34.1 Å². The number of hydrogen-bond acceptors (Lipinski definition) is 6. The van der Waals surface area contributed by atoms with Gasteiger partial charge in [0.2, 0.25) is 0 Å². The van der Waals surface area contributed by atoms with Crippen molar-refractivity contribution in [2.24, 2.45) is 5.73 Å². The highest BCUT2D eigenvalue weighted by molar-refractivity contribution is 6.31. The number of rotatable bonds is 12. The molecule has 1 atom stereocenters. The van der Waals surface area contributed by atoms with E-state index in [0.717, 1.165) is 5.56 Å². The van der Waals surface area contributed by atoms with Crippen LogP contribution in [0.15, 0.2) is 60.7 Å². The van der Waals surface area contributed by atoms with E-state index in [1.165, 1.54) is 0 Å². The van der Waals surface area contributed by atoms with Gasteiger partial charge in [0.05, 0.1) is 18.6 Å². The second-order valence-corrected chi connectivity index (χ2v) is 8.63. The summed E-state index contributed by atoms with van der Waals surface area (Å²) in [6.45, 7) is 4.21. The van der Waals surface area contributed by atoms with E-state index in [1.807, 2.05) is 19.1 Å². The van der Waals surface area contributed by atoms with E-state index in [9.17, 15) is 9.59 Å². The Hall–Kier alpha value is -4.24. The Morgan fingerprint density at radius 2 is 1.86 bits per heavy atom. The zero-order valence-electron chi connectivity index (χ0n) is 20.5. The lowest BCUT2D eigenvalue weighted by molar-refractivity contribution is -0.138. The maximum atomic E-state index is 13.1. The second kappa shape index (κ2) is 12.6. The van der Waals surface area contributed by atoms with Crippen molar-refractivity contribution >= 4 is 40.7 Å². The molecule has 0 aliphatic carbocycles. The van der Waals surface area contributed by atoms with Crippen LogP contribution in [0.3, 0.4) is 0 Å². The highest BCUT2D eigenvalue weighted by Gasteiger charge is 2.18. The van der Waals surface area contributed by atoms with Crippen molar-refractivity contribution in [2.45, 2.75) is 32.9 Å². The lowest BCUT2D eigenvalue weighted by Crippen LogP contribution is -2.19. The molecule has 0 radical (unpaired) electrons. The van der Waals surface area contributed by atoms with Gasteiger partial charge in [-0.25, -0.2) is 0 Å². The van der Waals surface area contributed by atoms with Crippen LogP contribution in [0.5, 0.6) is 11.5 Å². The summed E-state index contributed by atoms with van der Waals surface area (Å²) in [4.78, 5) is 24.2. The minimum Gasteiger partial charge on any atom is -0.490 e. The molecule has 0 saturated carbocycles. The van der Waals surface area contributed by atoms with Gasteiger partial charge in [0.15, 0.2) is 11.5 Å². The number of anilines is 2. The Morgan fingerprint density at radius 3 is 2.51 bits per heavy atom. The number of carbonyl (C=O) groups excluding carboxylic acids is 1. The Labute approximate surface area is 220 Å². The first kappa shape index (κ1) is 27.3. The predicted molar refractivity (Wildman–Crippen MR) is 144 cm³/mol. The smallest absolute Gasteiger partial charge is 0.307 e. The first-order chi connectivity index (χ1) is 17.7. The van der Waals surface area contributed by atoms with E-state index in [1.54, 1.807) is 55.5 Å². The number of carboxylic acids is 1. The topological polar surface area (TPSA) is 147 Å². The number of carbonyl (C=O) groups is 2. The maximum absolute atomic E-state index is 13.1. The maximum Gasteiger partial charge on any atom is 0.307 e. The zero-order chi connectivity index (χ0) is 26.9. The summed E-state index contributed by atoms with van der Waals surface area (Å²) in [7, 11) is 0. The van der Waals surface area contributed by atoms with Crippen molar-refractivity contribution in [2.75, 3.05) is 17.2 Å². The minimum atomic E-state index is -0.964. The number of hydrogen-bond donors (Lipinski definition) is 5. The van der Waals surface area contributed by atoms with Crippen molar-refractivity contribution < 1.29 is 24.2 Å². The van der Waals surface area contributed by atoms with Crippen LogP contribution in [0, 0.1) is 5.41 Å². The molecule has 0 aliphatic heterocycles. The van der Waals surface area contributed by atoms with Gasteiger partial charge in [-0.2, -0.15) is 0 Å². The Balaban J connectivity index is 1.83. The average molecular weight is 525 g/mol. The average Bonchev–Trinajstić information content (AvgIpc) is 2.84. The number of nitrogens with one attached hydrogen (secondary N) is 3. The van der Waals surface area contributed by atoms with Crippen molar-refractivity contribution in [3.8, 4) is 11.5 Å². The van der Waals surface area contributed by atoms with E-state index in [4.69, 9.17) is 37.3 Å². The number of para-hydroxylation sites is 1. The van der Waals surface area contributed by atoms with E-state index in [0.29, 0.717) is 45.6 Å². The largest absolute Gasteiger partial charge is 0.490 e. The third-order valence-corrected chi connectivity index (χ3v) is 5.53. The van der Waals surface area contributed by atoms with Crippen LogP contribution in [0.25, 0.3) is 0 Å². The lowest BCUT2D eigenvalue weighted by atomic mass is 10.1. The molecule has 0 bridgehead atoms. The first-order valence-corrected chi connectivity index (χ1v) is 12.0. The SMILES string of the molecule is CCOc1cccc(CNc2ccc(Cl)cc2C(=O)Nc2ccc(C(=N)N)cc2)c1OC(C)CC(=O)O. The third kappa shape index (κ3) is 7.62. The van der Waals surface area contributed by atoms with E-state index in [2.05, 4.69) is 10.6 Å². The molecule has 9 nitrogen and oxygen atoms in total. The predicted octanol–water partition coefficient (Wildman–Crippen LogP) is 5.13. The van der Waals surface area contributed by atoms with Crippen LogP contribution >= 0.6 is 11.6 Å². The summed E-state index contributed by atoms with van der Waals surface area (Å²) in [6.07, 6.45) is -0.744. The van der Waals surface area contributed by atoms with Gasteiger partial charge >= 0.3 is 5.97 Å². The van der Waals surface area contributed by atoms with E-state index in [-0.39, 0.29) is 24.7 Å². The lowest BCUT2D eigenvalue weighted by Gasteiger charge is -2.20. The molecule has 0 heterocycles. The van der Waals surface area contributed by atoms with Gasteiger partial charge in [-0.15, -0.1) is 0 Å². The van der Waals surface area contributed by atoms with Gasteiger partial charge < -0.3 is 30.9 Å². The molecule has 37 heavy (non-hydrogen) atoms.